The molecule has 1 heterocycles. The van der Waals surface area contributed by atoms with Crippen LogP contribution >= 0.6 is 0 Å². The van der Waals surface area contributed by atoms with Crippen LogP contribution in [0.5, 0.6) is 0 Å². The van der Waals surface area contributed by atoms with Crippen LogP contribution in [0.15, 0.2) is 48.5 Å². The Hall–Kier alpha value is -2.55. The van der Waals surface area contributed by atoms with Crippen LogP contribution < -0.4 is 5.73 Å². The zero-order chi connectivity index (χ0) is 14.1. The van der Waals surface area contributed by atoms with Gasteiger partial charge in [0.25, 0.3) is 0 Å². The first-order chi connectivity index (χ1) is 9.63. The molecule has 3 heteroatoms. The van der Waals surface area contributed by atoms with Crippen molar-refractivity contribution in [3.63, 3.8) is 0 Å². The molecule has 0 amide bonds. The van der Waals surface area contributed by atoms with Crippen molar-refractivity contribution >= 4 is 5.69 Å². The summed E-state index contributed by atoms with van der Waals surface area (Å²) in [6.07, 6.45) is 0. The summed E-state index contributed by atoms with van der Waals surface area (Å²) >= 11 is 0. The van der Waals surface area contributed by atoms with E-state index < -0.39 is 0 Å². The summed E-state index contributed by atoms with van der Waals surface area (Å²) in [7, 11) is 0. The SMILES string of the molecule is Cc1ccc(-c2nc(-c3ccc(N)cc3)[nH]c2C)cc1. The van der Waals surface area contributed by atoms with E-state index >= 15 is 0 Å². The standard InChI is InChI=1S/C17H17N3/c1-11-3-5-13(6-4-11)16-12(2)19-17(20-16)14-7-9-15(18)10-8-14/h3-10H,18H2,1-2H3,(H,19,20). The predicted octanol–water partition coefficient (Wildman–Crippen LogP) is 3.94. The number of anilines is 1. The first-order valence-electron chi connectivity index (χ1n) is 6.63. The summed E-state index contributed by atoms with van der Waals surface area (Å²) in [5.74, 6) is 0.873. The monoisotopic (exact) mass is 263 g/mol. The van der Waals surface area contributed by atoms with Crippen LogP contribution in [0.1, 0.15) is 11.3 Å². The van der Waals surface area contributed by atoms with E-state index in [-0.39, 0.29) is 0 Å². The fraction of sp³-hybridized carbons (Fsp3) is 0.118. The zero-order valence-corrected chi connectivity index (χ0v) is 11.6. The third kappa shape index (κ3) is 2.30. The van der Waals surface area contributed by atoms with Gasteiger partial charge in [0.1, 0.15) is 5.82 Å². The van der Waals surface area contributed by atoms with Crippen LogP contribution in [0.4, 0.5) is 5.69 Å². The first-order valence-corrected chi connectivity index (χ1v) is 6.63. The normalized spacial score (nSPS) is 10.7. The molecular formula is C17H17N3. The number of nitrogen functional groups attached to an aromatic ring is 1. The maximum Gasteiger partial charge on any atom is 0.138 e. The average Bonchev–Trinajstić information content (AvgIpc) is 2.82. The lowest BCUT2D eigenvalue weighted by molar-refractivity contribution is 1.26. The molecule has 3 N–H and O–H groups in total. The van der Waals surface area contributed by atoms with Crippen molar-refractivity contribution in [1.29, 1.82) is 0 Å². The van der Waals surface area contributed by atoms with E-state index in [9.17, 15) is 0 Å². The van der Waals surface area contributed by atoms with E-state index in [0.717, 1.165) is 34.0 Å². The summed E-state index contributed by atoms with van der Waals surface area (Å²) in [6, 6.07) is 16.1. The molecule has 0 radical (unpaired) electrons. The number of aromatic nitrogens is 2. The van der Waals surface area contributed by atoms with Gasteiger partial charge in [0.2, 0.25) is 0 Å². The Balaban J connectivity index is 2.02. The quantitative estimate of drug-likeness (QED) is 0.688. The van der Waals surface area contributed by atoms with Crippen molar-refractivity contribution in [3.8, 4) is 22.6 Å². The maximum atomic E-state index is 5.71. The Morgan fingerprint density at radius 1 is 0.850 bits per heavy atom. The number of nitrogens with two attached hydrogens (primary N) is 1. The van der Waals surface area contributed by atoms with Gasteiger partial charge in [-0.2, -0.15) is 0 Å². The van der Waals surface area contributed by atoms with E-state index in [1.54, 1.807) is 0 Å². The summed E-state index contributed by atoms with van der Waals surface area (Å²) in [5.41, 5.74) is 12.0. The Labute approximate surface area is 118 Å². The maximum absolute atomic E-state index is 5.71. The summed E-state index contributed by atoms with van der Waals surface area (Å²) in [5, 5.41) is 0. The van der Waals surface area contributed by atoms with Crippen molar-refractivity contribution in [3.05, 3.63) is 59.8 Å². The number of hydrogen-bond acceptors (Lipinski definition) is 2. The molecule has 0 aliphatic carbocycles. The number of hydrogen-bond donors (Lipinski definition) is 2. The number of nitrogens with one attached hydrogen (secondary N) is 1. The molecule has 0 bridgehead atoms. The second-order valence-electron chi connectivity index (χ2n) is 5.05. The summed E-state index contributed by atoms with van der Waals surface area (Å²) in [6.45, 7) is 4.13. The van der Waals surface area contributed by atoms with Gasteiger partial charge in [-0.05, 0) is 38.1 Å². The topological polar surface area (TPSA) is 54.7 Å². The van der Waals surface area contributed by atoms with Crippen LogP contribution in [0.25, 0.3) is 22.6 Å². The van der Waals surface area contributed by atoms with Gasteiger partial charge < -0.3 is 10.7 Å². The molecule has 20 heavy (non-hydrogen) atoms. The van der Waals surface area contributed by atoms with E-state index in [4.69, 9.17) is 10.7 Å². The Morgan fingerprint density at radius 3 is 2.10 bits per heavy atom. The largest absolute Gasteiger partial charge is 0.399 e. The van der Waals surface area contributed by atoms with Crippen molar-refractivity contribution in [1.82, 2.24) is 9.97 Å². The third-order valence-electron chi connectivity index (χ3n) is 3.39. The smallest absolute Gasteiger partial charge is 0.138 e. The molecule has 1 aromatic heterocycles. The van der Waals surface area contributed by atoms with Gasteiger partial charge in [0.15, 0.2) is 0 Å². The molecule has 100 valence electrons. The van der Waals surface area contributed by atoms with Crippen LogP contribution in [0.3, 0.4) is 0 Å². The number of imidazole rings is 1. The van der Waals surface area contributed by atoms with Crippen molar-refractivity contribution < 1.29 is 0 Å². The Morgan fingerprint density at radius 2 is 1.45 bits per heavy atom. The van der Waals surface area contributed by atoms with Crippen LogP contribution in [0.2, 0.25) is 0 Å². The molecule has 0 aliphatic heterocycles. The van der Waals surface area contributed by atoms with Crippen molar-refractivity contribution in [2.24, 2.45) is 0 Å². The van der Waals surface area contributed by atoms with Gasteiger partial charge in [-0.1, -0.05) is 29.8 Å². The minimum Gasteiger partial charge on any atom is -0.399 e. The lowest BCUT2D eigenvalue weighted by atomic mass is 10.1. The summed E-state index contributed by atoms with van der Waals surface area (Å²) in [4.78, 5) is 8.05. The van der Waals surface area contributed by atoms with Crippen LogP contribution in [0, 0.1) is 13.8 Å². The molecule has 0 saturated carbocycles. The molecular weight excluding hydrogens is 246 g/mol. The van der Waals surface area contributed by atoms with Gasteiger partial charge in [0, 0.05) is 22.5 Å². The zero-order valence-electron chi connectivity index (χ0n) is 11.6. The molecule has 3 rings (SSSR count). The summed E-state index contributed by atoms with van der Waals surface area (Å²) < 4.78 is 0. The van der Waals surface area contributed by atoms with E-state index in [1.165, 1.54) is 5.56 Å². The van der Waals surface area contributed by atoms with Gasteiger partial charge in [-0.15, -0.1) is 0 Å². The number of rotatable bonds is 2. The first kappa shape index (κ1) is 12.5. The van der Waals surface area contributed by atoms with Crippen molar-refractivity contribution in [2.75, 3.05) is 5.73 Å². The molecule has 2 aromatic carbocycles. The number of aryl methyl sites for hydroxylation is 2. The highest BCUT2D eigenvalue weighted by Crippen LogP contribution is 2.26. The molecule has 0 unspecified atom stereocenters. The molecule has 0 atom stereocenters. The van der Waals surface area contributed by atoms with E-state index in [2.05, 4.69) is 36.2 Å². The Kier molecular flexibility index (Phi) is 3.03. The lowest BCUT2D eigenvalue weighted by Crippen LogP contribution is -1.85. The molecule has 3 aromatic rings. The minimum absolute atomic E-state index is 0.760. The van der Waals surface area contributed by atoms with E-state index in [0.29, 0.717) is 0 Å². The van der Waals surface area contributed by atoms with Crippen LogP contribution in [-0.4, -0.2) is 9.97 Å². The predicted molar refractivity (Wildman–Crippen MR) is 83.3 cm³/mol. The molecule has 0 saturated heterocycles. The molecule has 0 spiro atoms. The second-order valence-corrected chi connectivity index (χ2v) is 5.05. The fourth-order valence-electron chi connectivity index (χ4n) is 2.23. The average molecular weight is 263 g/mol. The molecule has 3 nitrogen and oxygen atoms in total. The lowest BCUT2D eigenvalue weighted by Gasteiger charge is -1.99. The number of aromatic amines is 1. The number of nitrogens with zero attached hydrogens (tertiary/aromatic N) is 1. The number of benzene rings is 2. The molecule has 0 aliphatic rings. The second kappa shape index (κ2) is 4.85. The van der Waals surface area contributed by atoms with Crippen LogP contribution in [-0.2, 0) is 0 Å². The number of H-pyrrole nitrogens is 1. The molecule has 0 fully saturated rings. The van der Waals surface area contributed by atoms with Crippen molar-refractivity contribution in [2.45, 2.75) is 13.8 Å². The fourth-order valence-corrected chi connectivity index (χ4v) is 2.23. The van der Waals surface area contributed by atoms with Gasteiger partial charge >= 0.3 is 0 Å². The van der Waals surface area contributed by atoms with Gasteiger partial charge in [-0.25, -0.2) is 4.98 Å². The van der Waals surface area contributed by atoms with Gasteiger partial charge in [0.05, 0.1) is 5.69 Å². The highest BCUT2D eigenvalue weighted by atomic mass is 14.9. The van der Waals surface area contributed by atoms with E-state index in [1.807, 2.05) is 31.2 Å². The minimum atomic E-state index is 0.760. The third-order valence-corrected chi connectivity index (χ3v) is 3.39. The van der Waals surface area contributed by atoms with Gasteiger partial charge in [-0.3, -0.25) is 0 Å². The highest BCUT2D eigenvalue weighted by Gasteiger charge is 2.10. The Bertz CT molecular complexity index is 722. The highest BCUT2D eigenvalue weighted by molar-refractivity contribution is 5.68.